The van der Waals surface area contributed by atoms with Crippen LogP contribution in [0.25, 0.3) is 0 Å². The molecule has 0 spiro atoms. The first-order valence-electron chi connectivity index (χ1n) is 6.56. The highest BCUT2D eigenvalue weighted by Gasteiger charge is 2.46. The number of hydrogen-bond donors (Lipinski definition) is 2. The van der Waals surface area contributed by atoms with Gasteiger partial charge in [-0.3, -0.25) is 9.59 Å². The highest BCUT2D eigenvalue weighted by atomic mass is 16.3. The van der Waals surface area contributed by atoms with Gasteiger partial charge in [0.05, 0.1) is 6.42 Å². The van der Waals surface area contributed by atoms with E-state index in [1.54, 1.807) is 6.08 Å². The predicted octanol–water partition coefficient (Wildman–Crippen LogP) is 2.09. The lowest BCUT2D eigenvalue weighted by Crippen LogP contribution is -2.26. The van der Waals surface area contributed by atoms with E-state index in [4.69, 9.17) is 0 Å². The molecule has 1 aliphatic rings. The molecule has 4 nitrogen and oxygen atoms in total. The lowest BCUT2D eigenvalue weighted by molar-refractivity contribution is -0.121. The Morgan fingerprint density at radius 2 is 2.05 bits per heavy atom. The van der Waals surface area contributed by atoms with Crippen molar-refractivity contribution >= 4 is 11.6 Å². The first kappa shape index (κ1) is 16.2. The normalized spacial score (nSPS) is 21.8. The SMILES string of the molecule is CC(C)=CC#CC1(O)CC(=O)C(C(=O)CC(C)C)=C1O. The van der Waals surface area contributed by atoms with E-state index in [1.807, 2.05) is 27.7 Å². The van der Waals surface area contributed by atoms with Gasteiger partial charge in [0.2, 0.25) is 0 Å². The van der Waals surface area contributed by atoms with Crippen molar-refractivity contribution < 1.29 is 19.8 Å². The van der Waals surface area contributed by atoms with Crippen molar-refractivity contribution in [3.63, 3.8) is 0 Å². The molecule has 108 valence electrons. The quantitative estimate of drug-likeness (QED) is 0.611. The van der Waals surface area contributed by atoms with Crippen molar-refractivity contribution in [2.24, 2.45) is 5.92 Å². The summed E-state index contributed by atoms with van der Waals surface area (Å²) < 4.78 is 0. The molecule has 20 heavy (non-hydrogen) atoms. The third kappa shape index (κ3) is 3.58. The molecule has 1 rings (SSSR count). The molecule has 0 bridgehead atoms. The predicted molar refractivity (Wildman–Crippen MR) is 75.9 cm³/mol. The van der Waals surface area contributed by atoms with Gasteiger partial charge in [-0.1, -0.05) is 31.3 Å². The number of aliphatic hydroxyl groups is 2. The Bertz CT molecular complexity index is 551. The molecule has 0 aromatic rings. The first-order valence-corrected chi connectivity index (χ1v) is 6.56. The van der Waals surface area contributed by atoms with Gasteiger partial charge >= 0.3 is 0 Å². The number of aliphatic hydroxyl groups excluding tert-OH is 1. The van der Waals surface area contributed by atoms with E-state index in [1.165, 1.54) is 0 Å². The molecule has 0 saturated carbocycles. The second-order valence-corrected chi connectivity index (χ2v) is 5.70. The number of hydrogen-bond acceptors (Lipinski definition) is 4. The summed E-state index contributed by atoms with van der Waals surface area (Å²) >= 11 is 0. The topological polar surface area (TPSA) is 74.6 Å². The molecule has 0 amide bonds. The van der Waals surface area contributed by atoms with Crippen LogP contribution in [0.1, 0.15) is 40.5 Å². The van der Waals surface area contributed by atoms with Crippen LogP contribution in [0, 0.1) is 17.8 Å². The van der Waals surface area contributed by atoms with E-state index in [-0.39, 0.29) is 24.3 Å². The van der Waals surface area contributed by atoms with Gasteiger partial charge in [0.25, 0.3) is 0 Å². The average molecular weight is 276 g/mol. The second kappa shape index (κ2) is 6.06. The van der Waals surface area contributed by atoms with Gasteiger partial charge in [-0.2, -0.15) is 0 Å². The summed E-state index contributed by atoms with van der Waals surface area (Å²) in [4.78, 5) is 23.8. The van der Waals surface area contributed by atoms with Gasteiger partial charge in [-0.05, 0) is 25.8 Å². The maximum Gasteiger partial charge on any atom is 0.191 e. The molecular weight excluding hydrogens is 256 g/mol. The van der Waals surface area contributed by atoms with Crippen LogP contribution in [0.5, 0.6) is 0 Å². The Balaban J connectivity index is 3.12. The molecule has 0 radical (unpaired) electrons. The van der Waals surface area contributed by atoms with Crippen LogP contribution < -0.4 is 0 Å². The number of Topliss-reactive ketones (excluding diaryl/α,β-unsaturated/α-hetero) is 2. The third-order valence-electron chi connectivity index (χ3n) is 2.84. The van der Waals surface area contributed by atoms with Gasteiger partial charge in [0.1, 0.15) is 5.57 Å². The molecule has 0 aromatic carbocycles. The zero-order valence-electron chi connectivity index (χ0n) is 12.3. The van der Waals surface area contributed by atoms with Gasteiger partial charge in [0, 0.05) is 6.42 Å². The number of rotatable bonds is 3. The van der Waals surface area contributed by atoms with Gasteiger partial charge in [-0.15, -0.1) is 0 Å². The summed E-state index contributed by atoms with van der Waals surface area (Å²) in [6.07, 6.45) is 1.36. The van der Waals surface area contributed by atoms with Crippen LogP contribution in [0.2, 0.25) is 0 Å². The highest BCUT2D eigenvalue weighted by Crippen LogP contribution is 2.32. The third-order valence-corrected chi connectivity index (χ3v) is 2.84. The van der Waals surface area contributed by atoms with Crippen LogP contribution in [-0.4, -0.2) is 27.4 Å². The summed E-state index contributed by atoms with van der Waals surface area (Å²) in [5.41, 5.74) is -1.30. The minimum absolute atomic E-state index is 0.0704. The van der Waals surface area contributed by atoms with Gasteiger partial charge in [-0.25, -0.2) is 0 Å². The monoisotopic (exact) mass is 276 g/mol. The summed E-state index contributed by atoms with van der Waals surface area (Å²) in [6, 6.07) is 0. The Labute approximate surface area is 119 Å². The summed E-state index contributed by atoms with van der Waals surface area (Å²) in [5.74, 6) is 3.52. The lowest BCUT2D eigenvalue weighted by Gasteiger charge is -2.13. The molecule has 1 unspecified atom stereocenters. The van der Waals surface area contributed by atoms with Crippen LogP contribution in [0.4, 0.5) is 0 Å². The molecule has 0 aliphatic heterocycles. The Morgan fingerprint density at radius 3 is 2.55 bits per heavy atom. The van der Waals surface area contributed by atoms with E-state index < -0.39 is 22.9 Å². The van der Waals surface area contributed by atoms with E-state index in [9.17, 15) is 19.8 Å². The zero-order chi connectivity index (χ0) is 15.5. The zero-order valence-corrected chi connectivity index (χ0v) is 12.3. The maximum atomic E-state index is 11.9. The highest BCUT2D eigenvalue weighted by molar-refractivity contribution is 6.23. The second-order valence-electron chi connectivity index (χ2n) is 5.70. The first-order chi connectivity index (χ1) is 9.17. The largest absolute Gasteiger partial charge is 0.507 e. The summed E-state index contributed by atoms with van der Waals surface area (Å²) in [6.45, 7) is 7.36. The van der Waals surface area contributed by atoms with Crippen molar-refractivity contribution in [2.45, 2.75) is 46.1 Å². The molecule has 0 heterocycles. The van der Waals surface area contributed by atoms with Crippen molar-refractivity contribution in [3.05, 3.63) is 23.0 Å². The van der Waals surface area contributed by atoms with Crippen LogP contribution in [-0.2, 0) is 9.59 Å². The van der Waals surface area contributed by atoms with Crippen LogP contribution >= 0.6 is 0 Å². The molecule has 0 aromatic heterocycles. The van der Waals surface area contributed by atoms with Crippen LogP contribution in [0.3, 0.4) is 0 Å². The average Bonchev–Trinajstić information content (AvgIpc) is 2.48. The van der Waals surface area contributed by atoms with E-state index >= 15 is 0 Å². The summed E-state index contributed by atoms with van der Waals surface area (Å²) in [7, 11) is 0. The molecule has 1 atom stereocenters. The van der Waals surface area contributed by atoms with Crippen molar-refractivity contribution in [1.82, 2.24) is 0 Å². The molecule has 4 heteroatoms. The number of ketones is 2. The standard InChI is InChI=1S/C16H20O4/c1-10(2)6-5-7-16(20)9-13(18)14(15(16)19)12(17)8-11(3)4/h6,11,19-20H,8-9H2,1-4H3. The molecular formula is C16H20O4. The Morgan fingerprint density at radius 1 is 1.45 bits per heavy atom. The van der Waals surface area contributed by atoms with Crippen LogP contribution in [0.15, 0.2) is 23.0 Å². The molecule has 2 N–H and O–H groups in total. The van der Waals surface area contributed by atoms with E-state index in [0.29, 0.717) is 0 Å². The van der Waals surface area contributed by atoms with Crippen molar-refractivity contribution in [1.29, 1.82) is 0 Å². The Kier molecular flexibility index (Phi) is 4.91. The lowest BCUT2D eigenvalue weighted by atomic mass is 10.00. The fraction of sp³-hybridized carbons (Fsp3) is 0.500. The summed E-state index contributed by atoms with van der Waals surface area (Å²) in [5, 5.41) is 20.2. The fourth-order valence-electron chi connectivity index (χ4n) is 1.91. The molecule has 1 aliphatic carbocycles. The smallest absolute Gasteiger partial charge is 0.191 e. The van der Waals surface area contributed by atoms with Crippen molar-refractivity contribution in [3.8, 4) is 11.8 Å². The Hall–Kier alpha value is -1.86. The van der Waals surface area contributed by atoms with Gasteiger partial charge < -0.3 is 10.2 Å². The number of carbonyl (C=O) groups is 2. The van der Waals surface area contributed by atoms with E-state index in [2.05, 4.69) is 11.8 Å². The van der Waals surface area contributed by atoms with E-state index in [0.717, 1.165) is 5.57 Å². The van der Waals surface area contributed by atoms with Gasteiger partial charge in [0.15, 0.2) is 22.9 Å². The molecule has 0 saturated heterocycles. The number of allylic oxidation sites excluding steroid dienone is 3. The minimum atomic E-state index is -1.94. The fourth-order valence-corrected chi connectivity index (χ4v) is 1.91. The molecule has 0 fully saturated rings. The minimum Gasteiger partial charge on any atom is -0.507 e. The van der Waals surface area contributed by atoms with Crippen molar-refractivity contribution in [2.75, 3.05) is 0 Å². The maximum absolute atomic E-state index is 11.9. The number of carbonyl (C=O) groups excluding carboxylic acids is 2.